The summed E-state index contributed by atoms with van der Waals surface area (Å²) in [7, 11) is 0. The maximum absolute atomic E-state index is 10.7. The van der Waals surface area contributed by atoms with Gasteiger partial charge in [-0.2, -0.15) is 0 Å². The molecule has 0 amide bonds. The number of thiazole rings is 1. The summed E-state index contributed by atoms with van der Waals surface area (Å²) in [6.45, 7) is 0. The van der Waals surface area contributed by atoms with E-state index in [2.05, 4.69) is 20.9 Å². The molecule has 0 aliphatic carbocycles. The smallest absolute Gasteiger partial charge is 0.365 e. The van der Waals surface area contributed by atoms with E-state index in [9.17, 15) is 4.79 Å². The first-order valence-electron chi connectivity index (χ1n) is 4.22. The van der Waals surface area contributed by atoms with Gasteiger partial charge in [-0.15, -0.1) is 11.3 Å². The van der Waals surface area contributed by atoms with Crippen molar-refractivity contribution in [2.45, 2.75) is 0 Å². The number of halogens is 2. The fourth-order valence-corrected chi connectivity index (χ4v) is 2.62. The Morgan fingerprint density at radius 1 is 1.50 bits per heavy atom. The normalized spacial score (nSPS) is 10.4. The van der Waals surface area contributed by atoms with Crippen LogP contribution in [-0.2, 0) is 0 Å². The van der Waals surface area contributed by atoms with E-state index in [0.717, 1.165) is 21.4 Å². The van der Waals surface area contributed by atoms with Crippen LogP contribution in [0.5, 0.6) is 0 Å². The Kier molecular flexibility index (Phi) is 3.28. The van der Waals surface area contributed by atoms with Crippen LogP contribution < -0.4 is 0 Å². The molecule has 0 saturated carbocycles. The lowest BCUT2D eigenvalue weighted by Gasteiger charge is -2.00. The maximum atomic E-state index is 10.7. The third-order valence-corrected chi connectivity index (χ3v) is 3.53. The van der Waals surface area contributed by atoms with E-state index in [-0.39, 0.29) is 5.01 Å². The molecule has 0 unspecified atom stereocenters. The van der Waals surface area contributed by atoms with Crippen molar-refractivity contribution in [2.75, 3.05) is 0 Å². The van der Waals surface area contributed by atoms with Crippen LogP contribution in [0.2, 0.25) is 5.02 Å². The predicted octanol–water partition coefficient (Wildman–Crippen LogP) is 3.92. The van der Waals surface area contributed by atoms with Gasteiger partial charge in [0.2, 0.25) is 5.01 Å². The van der Waals surface area contributed by atoms with Crippen LogP contribution in [0, 0.1) is 0 Å². The van der Waals surface area contributed by atoms with Crippen molar-refractivity contribution in [2.24, 2.45) is 0 Å². The topological polar surface area (TPSA) is 50.2 Å². The Hall–Kier alpha value is -0.910. The lowest BCUT2D eigenvalue weighted by molar-refractivity contribution is 0.0696. The average Bonchev–Trinajstić information content (AvgIpc) is 2.66. The lowest BCUT2D eigenvalue weighted by atomic mass is 10.2. The molecule has 1 aromatic heterocycles. The molecule has 1 N–H and O–H groups in total. The van der Waals surface area contributed by atoms with E-state index in [4.69, 9.17) is 16.7 Å². The molecule has 0 aliphatic rings. The van der Waals surface area contributed by atoms with E-state index in [1.54, 1.807) is 17.5 Å². The second-order valence-corrected chi connectivity index (χ2v) is 5.15. The molecular formula is C10H5BrClNO2S. The number of aromatic carboxylic acids is 1. The largest absolute Gasteiger partial charge is 0.476 e. The maximum Gasteiger partial charge on any atom is 0.365 e. The number of carbonyl (C=O) groups is 1. The summed E-state index contributed by atoms with van der Waals surface area (Å²) in [5.74, 6) is -1.02. The van der Waals surface area contributed by atoms with Crippen LogP contribution in [-0.4, -0.2) is 16.1 Å². The van der Waals surface area contributed by atoms with Crippen LogP contribution in [0.3, 0.4) is 0 Å². The van der Waals surface area contributed by atoms with Crippen molar-refractivity contribution in [1.29, 1.82) is 0 Å². The minimum absolute atomic E-state index is 0.0639. The molecule has 16 heavy (non-hydrogen) atoms. The van der Waals surface area contributed by atoms with Crippen molar-refractivity contribution in [1.82, 2.24) is 4.98 Å². The Morgan fingerprint density at radius 3 is 2.81 bits per heavy atom. The molecule has 0 bridgehead atoms. The van der Waals surface area contributed by atoms with Gasteiger partial charge in [0, 0.05) is 15.4 Å². The van der Waals surface area contributed by atoms with Gasteiger partial charge in [0.25, 0.3) is 0 Å². The molecule has 82 valence electrons. The number of hydrogen-bond acceptors (Lipinski definition) is 3. The van der Waals surface area contributed by atoms with E-state index in [1.807, 2.05) is 6.07 Å². The second kappa shape index (κ2) is 4.53. The zero-order chi connectivity index (χ0) is 11.7. The highest BCUT2D eigenvalue weighted by Gasteiger charge is 2.12. The number of benzene rings is 1. The molecule has 2 rings (SSSR count). The van der Waals surface area contributed by atoms with Crippen molar-refractivity contribution < 1.29 is 9.90 Å². The van der Waals surface area contributed by atoms with E-state index < -0.39 is 5.97 Å². The molecule has 6 heteroatoms. The quantitative estimate of drug-likeness (QED) is 0.913. The number of aromatic nitrogens is 1. The summed E-state index contributed by atoms with van der Waals surface area (Å²) < 4.78 is 0.870. The summed E-state index contributed by atoms with van der Waals surface area (Å²) in [6, 6.07) is 5.38. The Labute approximate surface area is 109 Å². The van der Waals surface area contributed by atoms with Gasteiger partial charge in [-0.05, 0) is 12.1 Å². The Bertz CT molecular complexity index is 556. The Morgan fingerprint density at radius 2 is 2.25 bits per heavy atom. The van der Waals surface area contributed by atoms with Gasteiger partial charge >= 0.3 is 5.97 Å². The molecule has 0 radical (unpaired) electrons. The van der Waals surface area contributed by atoms with E-state index in [1.165, 1.54) is 0 Å². The molecule has 0 atom stereocenters. The van der Waals surface area contributed by atoms with Crippen LogP contribution in [0.1, 0.15) is 9.80 Å². The molecule has 0 fully saturated rings. The van der Waals surface area contributed by atoms with Gasteiger partial charge in [0.1, 0.15) is 0 Å². The zero-order valence-corrected chi connectivity index (χ0v) is 10.9. The van der Waals surface area contributed by atoms with Crippen LogP contribution >= 0.6 is 38.9 Å². The molecule has 1 heterocycles. The van der Waals surface area contributed by atoms with Crippen molar-refractivity contribution in [3.8, 4) is 11.3 Å². The number of rotatable bonds is 2. The highest BCUT2D eigenvalue weighted by Crippen LogP contribution is 2.31. The minimum Gasteiger partial charge on any atom is -0.476 e. The van der Waals surface area contributed by atoms with Crippen molar-refractivity contribution in [3.05, 3.63) is 38.1 Å². The monoisotopic (exact) mass is 317 g/mol. The summed E-state index contributed by atoms with van der Waals surface area (Å²) in [4.78, 5) is 14.7. The first kappa shape index (κ1) is 11.6. The predicted molar refractivity (Wildman–Crippen MR) is 67.2 cm³/mol. The van der Waals surface area contributed by atoms with Gasteiger partial charge in [0.05, 0.1) is 10.7 Å². The van der Waals surface area contributed by atoms with Gasteiger partial charge in [0.15, 0.2) is 0 Å². The molecular weight excluding hydrogens is 314 g/mol. The second-order valence-electron chi connectivity index (χ2n) is 2.97. The van der Waals surface area contributed by atoms with Crippen molar-refractivity contribution in [3.63, 3.8) is 0 Å². The minimum atomic E-state index is -1.02. The number of carboxylic acid groups (broad SMARTS) is 1. The first-order valence-corrected chi connectivity index (χ1v) is 6.27. The molecule has 2 aromatic rings. The summed E-state index contributed by atoms with van der Waals surface area (Å²) in [6.07, 6.45) is 0. The Balaban J connectivity index is 2.46. The first-order chi connectivity index (χ1) is 7.58. The van der Waals surface area contributed by atoms with Gasteiger partial charge in [-0.25, -0.2) is 9.78 Å². The summed E-state index contributed by atoms with van der Waals surface area (Å²) >= 11 is 10.4. The van der Waals surface area contributed by atoms with Gasteiger partial charge in [-0.1, -0.05) is 33.6 Å². The fourth-order valence-electron chi connectivity index (χ4n) is 1.19. The molecule has 3 nitrogen and oxygen atoms in total. The zero-order valence-electron chi connectivity index (χ0n) is 7.78. The third-order valence-electron chi connectivity index (χ3n) is 1.89. The van der Waals surface area contributed by atoms with Gasteiger partial charge in [-0.3, -0.25) is 0 Å². The number of hydrogen-bond donors (Lipinski definition) is 1. The van der Waals surface area contributed by atoms with Crippen LogP contribution in [0.25, 0.3) is 11.3 Å². The summed E-state index contributed by atoms with van der Waals surface area (Å²) in [5, 5.41) is 11.0. The van der Waals surface area contributed by atoms with Crippen LogP contribution in [0.4, 0.5) is 0 Å². The molecule has 1 aromatic carbocycles. The standard InChI is InChI=1S/C10H5BrClNO2S/c11-5-1-2-6(7(12)3-5)8-4-16-9(13-8)10(14)15/h1-4H,(H,14,15). The SMILES string of the molecule is O=C(O)c1nc(-c2ccc(Br)cc2Cl)cs1. The van der Waals surface area contributed by atoms with E-state index >= 15 is 0 Å². The number of nitrogens with zero attached hydrogens (tertiary/aromatic N) is 1. The number of carboxylic acids is 1. The average molecular weight is 319 g/mol. The van der Waals surface area contributed by atoms with Crippen molar-refractivity contribution >= 4 is 44.8 Å². The molecule has 0 aliphatic heterocycles. The highest BCUT2D eigenvalue weighted by molar-refractivity contribution is 9.10. The highest BCUT2D eigenvalue weighted by atomic mass is 79.9. The molecule has 0 spiro atoms. The van der Waals surface area contributed by atoms with Gasteiger partial charge < -0.3 is 5.11 Å². The fraction of sp³-hybridized carbons (Fsp3) is 0. The third kappa shape index (κ3) is 2.26. The molecule has 0 saturated heterocycles. The lowest BCUT2D eigenvalue weighted by Crippen LogP contribution is -1.94. The van der Waals surface area contributed by atoms with Crippen LogP contribution in [0.15, 0.2) is 28.1 Å². The summed E-state index contributed by atoms with van der Waals surface area (Å²) in [5.41, 5.74) is 1.31. The van der Waals surface area contributed by atoms with E-state index in [0.29, 0.717) is 10.7 Å².